The van der Waals surface area contributed by atoms with Gasteiger partial charge < -0.3 is 10.1 Å². The molecule has 0 saturated carbocycles. The molecule has 0 heterocycles. The molecule has 0 aromatic heterocycles. The molecule has 4 aromatic rings. The normalized spacial score (nSPS) is 11.1. The van der Waals surface area contributed by atoms with E-state index >= 15 is 0 Å². The maximum absolute atomic E-state index is 13.6. The Morgan fingerprint density at radius 1 is 0.838 bits per heavy atom. The maximum Gasteiger partial charge on any atom is 0.264 e. The lowest BCUT2D eigenvalue weighted by molar-refractivity contribution is -0.118. The lowest BCUT2D eigenvalue weighted by atomic mass is 10.1. The van der Waals surface area contributed by atoms with Crippen molar-refractivity contribution in [3.63, 3.8) is 0 Å². The number of carbonyl (C=O) groups excluding carboxylic acids is 1. The smallest absolute Gasteiger partial charge is 0.264 e. The molecule has 0 aliphatic carbocycles. The van der Waals surface area contributed by atoms with Crippen LogP contribution in [0, 0.1) is 6.92 Å². The van der Waals surface area contributed by atoms with Crippen LogP contribution in [0.15, 0.2) is 108 Å². The van der Waals surface area contributed by atoms with Gasteiger partial charge >= 0.3 is 0 Å². The number of ether oxygens (including phenoxy) is 1. The average molecular weight is 515 g/mol. The molecule has 0 aliphatic rings. The van der Waals surface area contributed by atoms with Crippen molar-refractivity contribution in [2.45, 2.75) is 31.7 Å². The van der Waals surface area contributed by atoms with Gasteiger partial charge in [-0.05, 0) is 66.9 Å². The fourth-order valence-electron chi connectivity index (χ4n) is 3.90. The Hall–Kier alpha value is -4.10. The number of sulfonamides is 1. The molecule has 1 amide bonds. The molecule has 4 rings (SSSR count). The summed E-state index contributed by atoms with van der Waals surface area (Å²) < 4.78 is 34.3. The monoisotopic (exact) mass is 514 g/mol. The van der Waals surface area contributed by atoms with Gasteiger partial charge in [-0.2, -0.15) is 0 Å². The number of hydrogen-bond donors (Lipinski definition) is 1. The van der Waals surface area contributed by atoms with Crippen molar-refractivity contribution in [3.05, 3.63) is 120 Å². The molecular formula is C30H30N2O4S. The molecule has 4 aromatic carbocycles. The predicted molar refractivity (Wildman–Crippen MR) is 147 cm³/mol. The maximum atomic E-state index is 13.6. The zero-order chi connectivity index (χ0) is 26.3. The number of aryl methyl sites for hydroxylation is 2. The SMILES string of the molecule is CCc1ccccc1NC(=O)COc1ccc(N(Cc2ccccc2)S(=O)(=O)c2ccc(C)cc2)cc1. The number of amides is 1. The second-order valence-electron chi connectivity index (χ2n) is 8.65. The van der Waals surface area contributed by atoms with Crippen LogP contribution in [0.25, 0.3) is 0 Å². The summed E-state index contributed by atoms with van der Waals surface area (Å²) in [6.07, 6.45) is 0.809. The highest BCUT2D eigenvalue weighted by atomic mass is 32.2. The van der Waals surface area contributed by atoms with E-state index in [0.29, 0.717) is 11.4 Å². The van der Waals surface area contributed by atoms with E-state index in [1.165, 1.54) is 4.31 Å². The standard InChI is InChI=1S/C30H30N2O4S/c1-3-25-11-7-8-12-29(25)31-30(33)22-36-27-17-15-26(16-18-27)32(21-24-9-5-4-6-10-24)37(34,35)28-19-13-23(2)14-20-28/h4-20H,3,21-22H2,1-2H3,(H,31,33). The van der Waals surface area contributed by atoms with Crippen molar-refractivity contribution >= 4 is 27.3 Å². The minimum atomic E-state index is -3.82. The van der Waals surface area contributed by atoms with Gasteiger partial charge in [0.25, 0.3) is 15.9 Å². The Balaban J connectivity index is 1.51. The molecule has 6 nitrogen and oxygen atoms in total. The van der Waals surface area contributed by atoms with Crippen LogP contribution in [-0.4, -0.2) is 20.9 Å². The first-order valence-electron chi connectivity index (χ1n) is 12.1. The molecule has 0 atom stereocenters. The van der Waals surface area contributed by atoms with Gasteiger partial charge in [0.1, 0.15) is 5.75 Å². The summed E-state index contributed by atoms with van der Waals surface area (Å²) in [5, 5.41) is 2.88. The van der Waals surface area contributed by atoms with Gasteiger partial charge in [0.05, 0.1) is 17.1 Å². The quantitative estimate of drug-likeness (QED) is 0.283. The van der Waals surface area contributed by atoms with Crippen molar-refractivity contribution < 1.29 is 17.9 Å². The van der Waals surface area contributed by atoms with E-state index in [0.717, 1.165) is 28.8 Å². The minimum Gasteiger partial charge on any atom is -0.484 e. The topological polar surface area (TPSA) is 75.7 Å². The van der Waals surface area contributed by atoms with Gasteiger partial charge in [0.2, 0.25) is 0 Å². The Morgan fingerprint density at radius 3 is 2.16 bits per heavy atom. The zero-order valence-corrected chi connectivity index (χ0v) is 21.7. The Kier molecular flexibility index (Phi) is 8.25. The van der Waals surface area contributed by atoms with Gasteiger partial charge in [0, 0.05) is 5.69 Å². The van der Waals surface area contributed by atoms with Crippen LogP contribution < -0.4 is 14.4 Å². The van der Waals surface area contributed by atoms with Gasteiger partial charge in [-0.25, -0.2) is 8.42 Å². The van der Waals surface area contributed by atoms with Crippen molar-refractivity contribution in [2.75, 3.05) is 16.2 Å². The van der Waals surface area contributed by atoms with Crippen LogP contribution >= 0.6 is 0 Å². The highest BCUT2D eigenvalue weighted by molar-refractivity contribution is 7.92. The highest BCUT2D eigenvalue weighted by Crippen LogP contribution is 2.28. The summed E-state index contributed by atoms with van der Waals surface area (Å²) in [6, 6.07) is 30.6. The molecule has 0 radical (unpaired) electrons. The van der Waals surface area contributed by atoms with Crippen LogP contribution in [0.1, 0.15) is 23.6 Å². The van der Waals surface area contributed by atoms with E-state index < -0.39 is 10.0 Å². The summed E-state index contributed by atoms with van der Waals surface area (Å²) in [6.45, 7) is 3.96. The molecule has 0 aliphatic heterocycles. The van der Waals surface area contributed by atoms with Crippen LogP contribution in [0.3, 0.4) is 0 Å². The van der Waals surface area contributed by atoms with E-state index in [2.05, 4.69) is 5.32 Å². The van der Waals surface area contributed by atoms with Crippen LogP contribution in [-0.2, 0) is 27.8 Å². The van der Waals surface area contributed by atoms with E-state index in [1.54, 1.807) is 48.5 Å². The first kappa shape index (κ1) is 26.0. The molecule has 1 N–H and O–H groups in total. The van der Waals surface area contributed by atoms with Crippen molar-refractivity contribution in [2.24, 2.45) is 0 Å². The second kappa shape index (κ2) is 11.8. The Morgan fingerprint density at radius 2 is 1.49 bits per heavy atom. The molecule has 0 unspecified atom stereocenters. The Bertz CT molecular complexity index is 1440. The van der Waals surface area contributed by atoms with Gasteiger partial charge in [0.15, 0.2) is 6.61 Å². The molecular weight excluding hydrogens is 484 g/mol. The summed E-state index contributed by atoms with van der Waals surface area (Å²) in [7, 11) is -3.82. The van der Waals surface area contributed by atoms with Crippen LogP contribution in [0.2, 0.25) is 0 Å². The zero-order valence-electron chi connectivity index (χ0n) is 20.9. The van der Waals surface area contributed by atoms with Gasteiger partial charge in [-0.3, -0.25) is 9.10 Å². The number of benzene rings is 4. The third-order valence-electron chi connectivity index (χ3n) is 5.94. The fraction of sp³-hybridized carbons (Fsp3) is 0.167. The lowest BCUT2D eigenvalue weighted by Crippen LogP contribution is -2.30. The largest absolute Gasteiger partial charge is 0.484 e. The molecule has 37 heavy (non-hydrogen) atoms. The number of nitrogens with zero attached hydrogens (tertiary/aromatic N) is 1. The number of carbonyl (C=O) groups is 1. The summed E-state index contributed by atoms with van der Waals surface area (Å²) in [5.74, 6) is 0.202. The third-order valence-corrected chi connectivity index (χ3v) is 7.73. The van der Waals surface area contributed by atoms with E-state index in [9.17, 15) is 13.2 Å². The highest BCUT2D eigenvalue weighted by Gasteiger charge is 2.25. The minimum absolute atomic E-state index is 0.160. The number of anilines is 2. The first-order chi connectivity index (χ1) is 17.9. The van der Waals surface area contributed by atoms with Gasteiger partial charge in [-0.15, -0.1) is 0 Å². The number of hydrogen-bond acceptors (Lipinski definition) is 4. The van der Waals surface area contributed by atoms with Crippen molar-refractivity contribution in [1.29, 1.82) is 0 Å². The van der Waals surface area contributed by atoms with E-state index in [1.807, 2.05) is 68.4 Å². The predicted octanol–water partition coefficient (Wildman–Crippen LogP) is 5.97. The molecule has 190 valence electrons. The average Bonchev–Trinajstić information content (AvgIpc) is 2.92. The van der Waals surface area contributed by atoms with E-state index in [4.69, 9.17) is 4.74 Å². The van der Waals surface area contributed by atoms with Crippen LogP contribution in [0.5, 0.6) is 5.75 Å². The number of nitrogens with one attached hydrogen (secondary N) is 1. The molecule has 0 bridgehead atoms. The molecule has 0 saturated heterocycles. The molecule has 7 heteroatoms. The Labute approximate surface area is 218 Å². The van der Waals surface area contributed by atoms with Gasteiger partial charge in [-0.1, -0.05) is 73.2 Å². The summed E-state index contributed by atoms with van der Waals surface area (Å²) >= 11 is 0. The number of para-hydroxylation sites is 1. The fourth-order valence-corrected chi connectivity index (χ4v) is 5.35. The summed E-state index contributed by atoms with van der Waals surface area (Å²) in [4.78, 5) is 12.6. The third kappa shape index (κ3) is 6.57. The van der Waals surface area contributed by atoms with Crippen LogP contribution in [0.4, 0.5) is 11.4 Å². The van der Waals surface area contributed by atoms with Crippen molar-refractivity contribution in [1.82, 2.24) is 0 Å². The molecule has 0 fully saturated rings. The van der Waals surface area contributed by atoms with E-state index in [-0.39, 0.29) is 24.0 Å². The lowest BCUT2D eigenvalue weighted by Gasteiger charge is -2.25. The van der Waals surface area contributed by atoms with Crippen molar-refractivity contribution in [3.8, 4) is 5.75 Å². The number of rotatable bonds is 10. The summed E-state index contributed by atoms with van der Waals surface area (Å²) in [5.41, 5.74) is 4.17. The first-order valence-corrected chi connectivity index (χ1v) is 13.5. The second-order valence-corrected chi connectivity index (χ2v) is 10.5. The molecule has 0 spiro atoms.